The number of hydrogen-bond donors (Lipinski definition) is 0. The van der Waals surface area contributed by atoms with Crippen LogP contribution in [0.1, 0.15) is 24.8 Å². The summed E-state index contributed by atoms with van der Waals surface area (Å²) in [6.07, 6.45) is 3.10. The SMILES string of the molecule is O=C(CCc1ccc(F)cc1)N1CCN(C(=O)C2CC2)CC1. The first-order valence-corrected chi connectivity index (χ1v) is 7.94. The molecule has 1 aromatic rings. The Kier molecular flexibility index (Phi) is 4.41. The van der Waals surface area contributed by atoms with Crippen molar-refractivity contribution in [3.63, 3.8) is 0 Å². The third-order valence-corrected chi connectivity index (χ3v) is 4.41. The molecule has 2 amide bonds. The smallest absolute Gasteiger partial charge is 0.225 e. The van der Waals surface area contributed by atoms with Gasteiger partial charge in [-0.15, -0.1) is 0 Å². The van der Waals surface area contributed by atoms with Crippen LogP contribution in [0.5, 0.6) is 0 Å². The van der Waals surface area contributed by atoms with Gasteiger partial charge in [0.15, 0.2) is 0 Å². The number of rotatable bonds is 4. The van der Waals surface area contributed by atoms with E-state index >= 15 is 0 Å². The molecule has 0 spiro atoms. The van der Waals surface area contributed by atoms with Gasteiger partial charge >= 0.3 is 0 Å². The Balaban J connectivity index is 1.43. The maximum Gasteiger partial charge on any atom is 0.225 e. The van der Waals surface area contributed by atoms with Crippen molar-refractivity contribution in [2.45, 2.75) is 25.7 Å². The molecule has 0 radical (unpaired) electrons. The van der Waals surface area contributed by atoms with Crippen LogP contribution in [-0.2, 0) is 16.0 Å². The van der Waals surface area contributed by atoms with Crippen molar-refractivity contribution in [3.8, 4) is 0 Å². The molecule has 0 atom stereocenters. The number of halogens is 1. The van der Waals surface area contributed by atoms with Crippen molar-refractivity contribution in [1.29, 1.82) is 0 Å². The normalized spacial score (nSPS) is 18.4. The Morgan fingerprint density at radius 1 is 1.00 bits per heavy atom. The molecule has 0 unspecified atom stereocenters. The molecule has 1 aromatic carbocycles. The standard InChI is InChI=1S/C17H21FN2O2/c18-15-6-1-13(2-7-15)3-8-16(21)19-9-11-20(12-10-19)17(22)14-4-5-14/h1-2,6-7,14H,3-5,8-12H2. The van der Waals surface area contributed by atoms with Crippen molar-refractivity contribution in [1.82, 2.24) is 9.80 Å². The first-order valence-electron chi connectivity index (χ1n) is 7.94. The first kappa shape index (κ1) is 15.0. The molecular formula is C17H21FN2O2. The molecule has 4 nitrogen and oxygen atoms in total. The van der Waals surface area contributed by atoms with E-state index in [4.69, 9.17) is 0 Å². The quantitative estimate of drug-likeness (QED) is 0.851. The van der Waals surface area contributed by atoms with E-state index in [0.717, 1.165) is 18.4 Å². The molecule has 1 saturated heterocycles. The molecule has 1 aliphatic heterocycles. The van der Waals surface area contributed by atoms with Gasteiger partial charge in [0.25, 0.3) is 0 Å². The summed E-state index contributed by atoms with van der Waals surface area (Å²) in [5.74, 6) is 0.369. The Labute approximate surface area is 129 Å². The van der Waals surface area contributed by atoms with Gasteiger partial charge in [-0.25, -0.2) is 4.39 Å². The fraction of sp³-hybridized carbons (Fsp3) is 0.529. The van der Waals surface area contributed by atoms with Crippen molar-refractivity contribution < 1.29 is 14.0 Å². The number of piperazine rings is 1. The minimum absolute atomic E-state index is 0.114. The predicted molar refractivity (Wildman–Crippen MR) is 80.6 cm³/mol. The highest BCUT2D eigenvalue weighted by Gasteiger charge is 2.35. The molecule has 1 saturated carbocycles. The fourth-order valence-corrected chi connectivity index (χ4v) is 2.83. The molecule has 2 fully saturated rings. The van der Waals surface area contributed by atoms with Gasteiger partial charge in [-0.05, 0) is 37.0 Å². The summed E-state index contributed by atoms with van der Waals surface area (Å²) >= 11 is 0. The van der Waals surface area contributed by atoms with Gasteiger partial charge < -0.3 is 9.80 Å². The van der Waals surface area contributed by atoms with Crippen molar-refractivity contribution in [2.75, 3.05) is 26.2 Å². The number of hydrogen-bond acceptors (Lipinski definition) is 2. The molecule has 1 aliphatic carbocycles. The summed E-state index contributed by atoms with van der Waals surface area (Å²) in [5.41, 5.74) is 0.970. The highest BCUT2D eigenvalue weighted by Crippen LogP contribution is 2.31. The van der Waals surface area contributed by atoms with Crippen LogP contribution in [0.4, 0.5) is 4.39 Å². The zero-order valence-electron chi connectivity index (χ0n) is 12.6. The van der Waals surface area contributed by atoms with Gasteiger partial charge in [0, 0.05) is 38.5 Å². The Morgan fingerprint density at radius 3 is 2.18 bits per heavy atom. The van der Waals surface area contributed by atoms with E-state index in [1.54, 1.807) is 12.1 Å². The Morgan fingerprint density at radius 2 is 1.59 bits per heavy atom. The molecule has 0 aromatic heterocycles. The third-order valence-electron chi connectivity index (χ3n) is 4.41. The van der Waals surface area contributed by atoms with E-state index in [9.17, 15) is 14.0 Å². The van der Waals surface area contributed by atoms with Crippen molar-refractivity contribution in [2.24, 2.45) is 5.92 Å². The molecule has 118 valence electrons. The number of carbonyl (C=O) groups is 2. The van der Waals surface area contributed by atoms with Crippen LogP contribution in [0.15, 0.2) is 24.3 Å². The fourth-order valence-electron chi connectivity index (χ4n) is 2.83. The minimum Gasteiger partial charge on any atom is -0.339 e. The summed E-state index contributed by atoms with van der Waals surface area (Å²) in [6.45, 7) is 2.55. The monoisotopic (exact) mass is 304 g/mol. The molecule has 2 aliphatic rings. The average Bonchev–Trinajstić information content (AvgIpc) is 3.38. The van der Waals surface area contributed by atoms with E-state index in [1.807, 2.05) is 9.80 Å². The number of benzene rings is 1. The van der Waals surface area contributed by atoms with E-state index < -0.39 is 0 Å². The summed E-state index contributed by atoms with van der Waals surface area (Å²) in [4.78, 5) is 27.9. The van der Waals surface area contributed by atoms with Crippen LogP contribution in [0, 0.1) is 11.7 Å². The van der Waals surface area contributed by atoms with Crippen LogP contribution in [0.25, 0.3) is 0 Å². The topological polar surface area (TPSA) is 40.6 Å². The second-order valence-electron chi connectivity index (χ2n) is 6.11. The molecule has 5 heteroatoms. The molecule has 0 N–H and O–H groups in total. The van der Waals surface area contributed by atoms with Crippen LogP contribution >= 0.6 is 0 Å². The van der Waals surface area contributed by atoms with E-state index in [2.05, 4.69) is 0 Å². The van der Waals surface area contributed by atoms with Crippen molar-refractivity contribution in [3.05, 3.63) is 35.6 Å². The number of aryl methyl sites for hydroxylation is 1. The maximum atomic E-state index is 12.8. The zero-order valence-corrected chi connectivity index (χ0v) is 12.6. The number of amides is 2. The summed E-state index contributed by atoms with van der Waals surface area (Å²) in [5, 5.41) is 0. The molecular weight excluding hydrogens is 283 g/mol. The Bertz CT molecular complexity index is 546. The second-order valence-corrected chi connectivity index (χ2v) is 6.11. The number of carbonyl (C=O) groups excluding carboxylic acids is 2. The van der Waals surface area contributed by atoms with E-state index in [0.29, 0.717) is 39.0 Å². The summed E-state index contributed by atoms with van der Waals surface area (Å²) in [7, 11) is 0. The lowest BCUT2D eigenvalue weighted by atomic mass is 10.1. The van der Waals surface area contributed by atoms with Gasteiger partial charge in [-0.3, -0.25) is 9.59 Å². The molecule has 3 rings (SSSR count). The van der Waals surface area contributed by atoms with E-state index in [-0.39, 0.29) is 23.5 Å². The van der Waals surface area contributed by atoms with Crippen LogP contribution in [0.3, 0.4) is 0 Å². The zero-order chi connectivity index (χ0) is 15.5. The highest BCUT2D eigenvalue weighted by atomic mass is 19.1. The van der Waals surface area contributed by atoms with Gasteiger partial charge in [-0.1, -0.05) is 12.1 Å². The van der Waals surface area contributed by atoms with Gasteiger partial charge in [0.1, 0.15) is 5.82 Å². The Hall–Kier alpha value is -1.91. The molecule has 22 heavy (non-hydrogen) atoms. The van der Waals surface area contributed by atoms with Crippen LogP contribution in [-0.4, -0.2) is 47.8 Å². The largest absolute Gasteiger partial charge is 0.339 e. The lowest BCUT2D eigenvalue weighted by Crippen LogP contribution is -2.51. The van der Waals surface area contributed by atoms with Gasteiger partial charge in [0.05, 0.1) is 0 Å². The minimum atomic E-state index is -0.258. The van der Waals surface area contributed by atoms with Crippen LogP contribution in [0.2, 0.25) is 0 Å². The summed E-state index contributed by atoms with van der Waals surface area (Å²) in [6, 6.07) is 6.27. The lowest BCUT2D eigenvalue weighted by Gasteiger charge is -2.35. The first-order chi connectivity index (χ1) is 10.6. The highest BCUT2D eigenvalue weighted by molar-refractivity contribution is 5.81. The lowest BCUT2D eigenvalue weighted by molar-refractivity contribution is -0.140. The number of nitrogens with zero attached hydrogens (tertiary/aromatic N) is 2. The maximum absolute atomic E-state index is 12.8. The summed E-state index contributed by atoms with van der Waals surface area (Å²) < 4.78 is 12.8. The van der Waals surface area contributed by atoms with Gasteiger partial charge in [0.2, 0.25) is 11.8 Å². The second kappa shape index (κ2) is 6.46. The third kappa shape index (κ3) is 3.64. The van der Waals surface area contributed by atoms with Crippen molar-refractivity contribution >= 4 is 11.8 Å². The van der Waals surface area contributed by atoms with E-state index in [1.165, 1.54) is 12.1 Å². The van der Waals surface area contributed by atoms with Gasteiger partial charge in [-0.2, -0.15) is 0 Å². The molecule has 0 bridgehead atoms. The van der Waals surface area contributed by atoms with Crippen LogP contribution < -0.4 is 0 Å². The molecule has 1 heterocycles. The average molecular weight is 304 g/mol. The predicted octanol–water partition coefficient (Wildman–Crippen LogP) is 1.84.